The molecule has 1 aliphatic carbocycles. The fourth-order valence-corrected chi connectivity index (χ4v) is 6.84. The predicted molar refractivity (Wildman–Crippen MR) is 131 cm³/mol. The quantitative estimate of drug-likeness (QED) is 0.533. The Balaban J connectivity index is 1.48. The highest BCUT2D eigenvalue weighted by Crippen LogP contribution is 2.47. The average molecular weight is 502 g/mol. The minimum Gasteiger partial charge on any atom is -0.396 e. The minimum absolute atomic E-state index is 0.0406. The summed E-state index contributed by atoms with van der Waals surface area (Å²) in [5, 5.41) is 11.2. The molecule has 188 valence electrons. The number of nitrogens with one attached hydrogen (secondary N) is 1. The van der Waals surface area contributed by atoms with Gasteiger partial charge in [0.2, 0.25) is 0 Å². The van der Waals surface area contributed by atoms with Gasteiger partial charge in [0.05, 0.1) is 10.00 Å². The third kappa shape index (κ3) is 4.77. The topological polar surface area (TPSA) is 126 Å². The lowest BCUT2D eigenvalue weighted by molar-refractivity contribution is 0.0694. The first kappa shape index (κ1) is 25.1. The molecule has 1 aliphatic heterocycles. The Morgan fingerprint density at radius 2 is 1.80 bits per heavy atom. The molecule has 0 saturated heterocycles. The fraction of sp³-hybridized carbons (Fsp3) is 0.480. The highest BCUT2D eigenvalue weighted by atomic mass is 32.2. The van der Waals surface area contributed by atoms with Crippen LogP contribution in [0.5, 0.6) is 0 Å². The van der Waals surface area contributed by atoms with Gasteiger partial charge in [0, 0.05) is 32.8 Å². The third-order valence-electron chi connectivity index (χ3n) is 7.05. The summed E-state index contributed by atoms with van der Waals surface area (Å²) in [4.78, 5) is 40.3. The number of aliphatic hydroxyl groups is 1. The van der Waals surface area contributed by atoms with Crippen LogP contribution in [0.2, 0.25) is 0 Å². The number of carbonyl (C=O) groups is 2. The molecule has 2 N–H and O–H groups in total. The number of pyridine rings is 1. The predicted octanol–water partition coefficient (Wildman–Crippen LogP) is 1.26. The smallest absolute Gasteiger partial charge is 0.270 e. The molecular formula is C25H31N3O6S. The van der Waals surface area contributed by atoms with Crippen LogP contribution in [0.3, 0.4) is 0 Å². The first-order chi connectivity index (χ1) is 16.6. The van der Waals surface area contributed by atoms with E-state index < -0.39 is 37.2 Å². The number of aromatic nitrogens is 1. The summed E-state index contributed by atoms with van der Waals surface area (Å²) in [6.45, 7) is 4.06. The van der Waals surface area contributed by atoms with Gasteiger partial charge in [-0.2, -0.15) is 0 Å². The molecule has 1 atom stereocenters. The third-order valence-corrected chi connectivity index (χ3v) is 10.1. The van der Waals surface area contributed by atoms with Gasteiger partial charge in [-0.15, -0.1) is 0 Å². The molecule has 1 aromatic heterocycles. The van der Waals surface area contributed by atoms with Crippen molar-refractivity contribution >= 4 is 21.7 Å². The van der Waals surface area contributed by atoms with Crippen molar-refractivity contribution in [2.24, 2.45) is 0 Å². The Labute approximate surface area is 204 Å². The molecule has 0 spiro atoms. The highest BCUT2D eigenvalue weighted by Gasteiger charge is 2.57. The van der Waals surface area contributed by atoms with E-state index in [1.165, 1.54) is 21.6 Å². The summed E-state index contributed by atoms with van der Waals surface area (Å²) < 4.78 is 26.4. The Morgan fingerprint density at radius 1 is 1.11 bits per heavy atom. The van der Waals surface area contributed by atoms with Crippen LogP contribution >= 0.6 is 0 Å². The lowest BCUT2D eigenvalue weighted by atomic mass is 10.1. The molecule has 2 heterocycles. The largest absolute Gasteiger partial charge is 0.396 e. The second kappa shape index (κ2) is 9.58. The first-order valence-electron chi connectivity index (χ1n) is 11.8. The van der Waals surface area contributed by atoms with Gasteiger partial charge in [-0.3, -0.25) is 14.4 Å². The van der Waals surface area contributed by atoms with E-state index in [0.29, 0.717) is 12.8 Å². The van der Waals surface area contributed by atoms with Gasteiger partial charge >= 0.3 is 0 Å². The van der Waals surface area contributed by atoms with Gasteiger partial charge in [0.25, 0.3) is 17.4 Å². The number of aliphatic hydroxyl groups excluding tert-OH is 1. The zero-order valence-electron chi connectivity index (χ0n) is 20.0. The van der Waals surface area contributed by atoms with E-state index in [1.807, 2.05) is 31.2 Å². The summed E-state index contributed by atoms with van der Waals surface area (Å²) in [5.41, 5.74) is 1.58. The van der Waals surface area contributed by atoms with Crippen LogP contribution in [0, 0.1) is 6.92 Å². The highest BCUT2D eigenvalue weighted by molar-refractivity contribution is 7.93. The maximum atomic E-state index is 13.1. The van der Waals surface area contributed by atoms with Crippen LogP contribution in [0.1, 0.15) is 58.2 Å². The lowest BCUT2D eigenvalue weighted by Gasteiger charge is -2.33. The number of fused-ring (bicyclic) bond motifs is 1. The number of carbonyl (C=O) groups excluding carboxylic acids is 2. The van der Waals surface area contributed by atoms with Crippen molar-refractivity contribution in [1.29, 1.82) is 0 Å². The van der Waals surface area contributed by atoms with Crippen LogP contribution in [0.4, 0.5) is 0 Å². The van der Waals surface area contributed by atoms with Gasteiger partial charge in [0.15, 0.2) is 9.84 Å². The average Bonchev–Trinajstić information content (AvgIpc) is 3.62. The summed E-state index contributed by atoms with van der Waals surface area (Å²) >= 11 is 0. The van der Waals surface area contributed by atoms with Crippen LogP contribution in [-0.2, 0) is 22.9 Å². The van der Waals surface area contributed by atoms with Gasteiger partial charge in [-0.1, -0.05) is 29.8 Å². The van der Waals surface area contributed by atoms with Crippen LogP contribution < -0.4 is 10.9 Å². The van der Waals surface area contributed by atoms with Crippen molar-refractivity contribution in [2.75, 3.05) is 19.7 Å². The van der Waals surface area contributed by atoms with E-state index in [-0.39, 0.29) is 50.5 Å². The zero-order valence-corrected chi connectivity index (χ0v) is 20.8. The van der Waals surface area contributed by atoms with E-state index in [4.69, 9.17) is 5.11 Å². The Bertz CT molecular complexity index is 1300. The number of aryl methyl sites for hydroxylation is 1. The number of amides is 2. The molecule has 35 heavy (non-hydrogen) atoms. The molecule has 1 saturated carbocycles. The molecule has 0 bridgehead atoms. The molecule has 0 unspecified atom stereocenters. The number of hydrogen-bond donors (Lipinski definition) is 2. The van der Waals surface area contributed by atoms with E-state index in [9.17, 15) is 22.8 Å². The molecule has 1 aromatic carbocycles. The molecule has 0 radical (unpaired) electrons. The maximum Gasteiger partial charge on any atom is 0.270 e. The SMILES string of the molecule is Cc1ccc(CNC(=O)c2ccc3n(c2=O)CCN(CC2(S(=O)(=O)[C@@H](C)CCO)CC2)C3=O)cc1. The number of nitrogens with zero attached hydrogens (tertiary/aromatic N) is 2. The number of rotatable bonds is 9. The van der Waals surface area contributed by atoms with Gasteiger partial charge in [-0.25, -0.2) is 8.42 Å². The van der Waals surface area contributed by atoms with Gasteiger partial charge in [0.1, 0.15) is 11.3 Å². The van der Waals surface area contributed by atoms with E-state index >= 15 is 0 Å². The molecule has 2 amide bonds. The molecule has 2 aromatic rings. The van der Waals surface area contributed by atoms with Crippen molar-refractivity contribution in [3.8, 4) is 0 Å². The van der Waals surface area contributed by atoms with Crippen molar-refractivity contribution in [3.63, 3.8) is 0 Å². The monoisotopic (exact) mass is 501 g/mol. The minimum atomic E-state index is -3.52. The summed E-state index contributed by atoms with van der Waals surface area (Å²) in [7, 11) is -3.52. The summed E-state index contributed by atoms with van der Waals surface area (Å²) in [6, 6.07) is 10.5. The zero-order chi connectivity index (χ0) is 25.4. The first-order valence-corrected chi connectivity index (χ1v) is 13.4. The molecule has 1 fully saturated rings. The van der Waals surface area contributed by atoms with Crippen LogP contribution in [0.25, 0.3) is 0 Å². The van der Waals surface area contributed by atoms with Gasteiger partial charge < -0.3 is 19.9 Å². The van der Waals surface area contributed by atoms with E-state index in [1.54, 1.807) is 6.92 Å². The second-order valence-corrected chi connectivity index (χ2v) is 12.3. The Hall–Kier alpha value is -2.98. The molecule has 10 heteroatoms. The van der Waals surface area contributed by atoms with E-state index in [2.05, 4.69) is 5.32 Å². The van der Waals surface area contributed by atoms with Crippen molar-refractivity contribution in [3.05, 3.63) is 69.1 Å². The van der Waals surface area contributed by atoms with Crippen molar-refractivity contribution in [1.82, 2.24) is 14.8 Å². The fourth-order valence-electron chi connectivity index (χ4n) is 4.56. The summed E-state index contributed by atoms with van der Waals surface area (Å²) in [6.07, 6.45) is 1.11. The Morgan fingerprint density at radius 3 is 2.43 bits per heavy atom. The molecule has 9 nitrogen and oxygen atoms in total. The van der Waals surface area contributed by atoms with Crippen LogP contribution in [-0.4, -0.2) is 64.5 Å². The number of benzene rings is 1. The maximum absolute atomic E-state index is 13.1. The standard InChI is InChI=1S/C25H31N3O6S/c1-17-3-5-19(6-4-17)15-26-22(30)20-7-8-21-24(32)27(12-13-28(21)23(20)31)16-25(10-11-25)35(33,34)18(2)9-14-29/h3-8,18,29H,9-16H2,1-2H3,(H,26,30)/t18-/m0/s1. The number of hydrogen-bond acceptors (Lipinski definition) is 6. The van der Waals surface area contributed by atoms with Crippen LogP contribution in [0.15, 0.2) is 41.2 Å². The summed E-state index contributed by atoms with van der Waals surface area (Å²) in [5.74, 6) is -0.932. The molecular weight excluding hydrogens is 470 g/mol. The second-order valence-electron chi connectivity index (χ2n) is 9.53. The molecule has 4 rings (SSSR count). The Kier molecular flexibility index (Phi) is 6.88. The number of sulfone groups is 1. The van der Waals surface area contributed by atoms with E-state index in [0.717, 1.165) is 11.1 Å². The lowest BCUT2D eigenvalue weighted by Crippen LogP contribution is -2.50. The van der Waals surface area contributed by atoms with Crippen molar-refractivity contribution < 1.29 is 23.1 Å². The van der Waals surface area contributed by atoms with Gasteiger partial charge in [-0.05, 0) is 50.8 Å². The van der Waals surface area contributed by atoms with Crippen molar-refractivity contribution in [2.45, 2.75) is 56.2 Å². The normalized spacial score (nSPS) is 17.6. The molecule has 2 aliphatic rings.